The third kappa shape index (κ3) is 3.14. The molecule has 1 aliphatic carbocycles. The standard InChI is InChI=1S/C17H28O4/c1-11-2-4-15-14(20-11)5-3-13(21-15)8-12-9-16-17(10-12)19-7-6-18-16/h11-17H,2-10H2,1H3. The SMILES string of the molecule is CC1CCC2OC(CC3CC4OCCOC4C3)CCC2O1. The van der Waals surface area contributed by atoms with Crippen molar-refractivity contribution in [3.63, 3.8) is 0 Å². The highest BCUT2D eigenvalue weighted by molar-refractivity contribution is 4.90. The minimum absolute atomic E-state index is 0.344. The second-order valence-corrected chi connectivity index (χ2v) is 7.33. The van der Waals surface area contributed by atoms with Gasteiger partial charge in [0.2, 0.25) is 0 Å². The maximum atomic E-state index is 6.35. The number of ether oxygens (including phenoxy) is 4. The lowest BCUT2D eigenvalue weighted by Crippen LogP contribution is -2.45. The van der Waals surface area contributed by atoms with Gasteiger partial charge in [0, 0.05) is 0 Å². The number of hydrogen-bond acceptors (Lipinski definition) is 4. The Bertz CT molecular complexity index is 347. The zero-order valence-electron chi connectivity index (χ0n) is 13.0. The molecule has 3 heterocycles. The van der Waals surface area contributed by atoms with Crippen molar-refractivity contribution in [2.24, 2.45) is 5.92 Å². The maximum absolute atomic E-state index is 6.35. The van der Waals surface area contributed by atoms with Crippen LogP contribution in [0, 0.1) is 5.92 Å². The van der Waals surface area contributed by atoms with Crippen LogP contribution in [0.4, 0.5) is 0 Å². The maximum Gasteiger partial charge on any atom is 0.0841 e. The molecule has 3 aliphatic heterocycles. The lowest BCUT2D eigenvalue weighted by Gasteiger charge is -2.42. The molecule has 6 atom stereocenters. The molecule has 4 heteroatoms. The van der Waals surface area contributed by atoms with Crippen LogP contribution in [-0.4, -0.2) is 49.8 Å². The van der Waals surface area contributed by atoms with Gasteiger partial charge in [-0.25, -0.2) is 0 Å². The van der Waals surface area contributed by atoms with E-state index in [4.69, 9.17) is 18.9 Å². The molecular weight excluding hydrogens is 268 g/mol. The van der Waals surface area contributed by atoms with E-state index in [0.717, 1.165) is 38.9 Å². The number of fused-ring (bicyclic) bond motifs is 2. The van der Waals surface area contributed by atoms with Gasteiger partial charge in [-0.15, -0.1) is 0 Å². The minimum Gasteiger partial charge on any atom is -0.373 e. The van der Waals surface area contributed by atoms with Gasteiger partial charge in [-0.1, -0.05) is 0 Å². The summed E-state index contributed by atoms with van der Waals surface area (Å²) in [6.07, 6.45) is 10.4. The summed E-state index contributed by atoms with van der Waals surface area (Å²) in [5.74, 6) is 0.711. The molecule has 0 aromatic carbocycles. The second kappa shape index (κ2) is 6.15. The first-order valence-electron chi connectivity index (χ1n) is 8.82. The van der Waals surface area contributed by atoms with Crippen molar-refractivity contribution in [3.05, 3.63) is 0 Å². The van der Waals surface area contributed by atoms with Crippen molar-refractivity contribution in [3.8, 4) is 0 Å². The Morgan fingerprint density at radius 3 is 2.19 bits per heavy atom. The highest BCUT2D eigenvalue weighted by atomic mass is 16.6. The van der Waals surface area contributed by atoms with Crippen molar-refractivity contribution in [1.82, 2.24) is 0 Å². The molecule has 21 heavy (non-hydrogen) atoms. The smallest absolute Gasteiger partial charge is 0.0841 e. The molecule has 4 aliphatic rings. The van der Waals surface area contributed by atoms with Crippen molar-refractivity contribution >= 4 is 0 Å². The van der Waals surface area contributed by atoms with Gasteiger partial charge >= 0.3 is 0 Å². The Balaban J connectivity index is 1.28. The topological polar surface area (TPSA) is 36.9 Å². The first kappa shape index (κ1) is 14.4. The van der Waals surface area contributed by atoms with E-state index in [-0.39, 0.29) is 0 Å². The molecule has 6 unspecified atom stereocenters. The molecule has 0 aromatic heterocycles. The summed E-state index contributed by atoms with van der Waals surface area (Å²) in [6.45, 7) is 3.72. The summed E-state index contributed by atoms with van der Waals surface area (Å²) in [4.78, 5) is 0. The molecule has 4 nitrogen and oxygen atoms in total. The quantitative estimate of drug-likeness (QED) is 0.785. The van der Waals surface area contributed by atoms with Crippen LogP contribution in [0.3, 0.4) is 0 Å². The monoisotopic (exact) mass is 296 g/mol. The average Bonchev–Trinajstić information content (AvgIpc) is 2.89. The predicted octanol–water partition coefficient (Wildman–Crippen LogP) is 2.69. The molecule has 4 fully saturated rings. The van der Waals surface area contributed by atoms with Gasteiger partial charge in [-0.3, -0.25) is 0 Å². The normalized spacial score (nSPS) is 50.4. The largest absolute Gasteiger partial charge is 0.373 e. The Labute approximate surface area is 127 Å². The molecule has 1 saturated carbocycles. The summed E-state index contributed by atoms with van der Waals surface area (Å²) >= 11 is 0. The molecule has 0 spiro atoms. The van der Waals surface area contributed by atoms with E-state index >= 15 is 0 Å². The third-order valence-corrected chi connectivity index (χ3v) is 5.71. The van der Waals surface area contributed by atoms with E-state index in [1.807, 2.05) is 0 Å². The van der Waals surface area contributed by atoms with Gasteiger partial charge in [0.1, 0.15) is 0 Å². The summed E-state index contributed by atoms with van der Waals surface area (Å²) in [5, 5.41) is 0. The lowest BCUT2D eigenvalue weighted by molar-refractivity contribution is -0.186. The summed E-state index contributed by atoms with van der Waals surface area (Å²) in [6, 6.07) is 0. The van der Waals surface area contributed by atoms with Crippen LogP contribution in [0.25, 0.3) is 0 Å². The van der Waals surface area contributed by atoms with Crippen molar-refractivity contribution in [2.45, 2.75) is 88.5 Å². The Kier molecular flexibility index (Phi) is 4.23. The third-order valence-electron chi connectivity index (χ3n) is 5.71. The Morgan fingerprint density at radius 1 is 0.762 bits per heavy atom. The highest BCUT2D eigenvalue weighted by Crippen LogP contribution is 2.39. The summed E-state index contributed by atoms with van der Waals surface area (Å²) < 4.78 is 24.0. The zero-order valence-corrected chi connectivity index (χ0v) is 13.0. The second-order valence-electron chi connectivity index (χ2n) is 7.33. The van der Waals surface area contributed by atoms with Gasteiger partial charge < -0.3 is 18.9 Å². The van der Waals surface area contributed by atoms with Gasteiger partial charge in [0.15, 0.2) is 0 Å². The highest BCUT2D eigenvalue weighted by Gasteiger charge is 2.41. The van der Waals surface area contributed by atoms with E-state index in [9.17, 15) is 0 Å². The fraction of sp³-hybridized carbons (Fsp3) is 1.00. The molecule has 0 amide bonds. The van der Waals surface area contributed by atoms with E-state index in [1.165, 1.54) is 19.3 Å². The molecule has 3 saturated heterocycles. The Hall–Kier alpha value is -0.160. The van der Waals surface area contributed by atoms with E-state index in [1.54, 1.807) is 0 Å². The van der Waals surface area contributed by atoms with Crippen LogP contribution in [-0.2, 0) is 18.9 Å². The van der Waals surface area contributed by atoms with Crippen molar-refractivity contribution < 1.29 is 18.9 Å². The number of rotatable bonds is 2. The molecule has 0 aromatic rings. The summed E-state index contributed by atoms with van der Waals surface area (Å²) in [5.41, 5.74) is 0. The molecule has 0 bridgehead atoms. The molecule has 0 N–H and O–H groups in total. The van der Waals surface area contributed by atoms with Crippen molar-refractivity contribution in [2.75, 3.05) is 13.2 Å². The van der Waals surface area contributed by atoms with Gasteiger partial charge in [0.05, 0.1) is 49.8 Å². The minimum atomic E-state index is 0.344. The molecular formula is C17H28O4. The molecule has 4 rings (SSSR count). The van der Waals surface area contributed by atoms with Crippen LogP contribution < -0.4 is 0 Å². The van der Waals surface area contributed by atoms with Crippen molar-refractivity contribution in [1.29, 1.82) is 0 Å². The zero-order chi connectivity index (χ0) is 14.2. The fourth-order valence-electron chi connectivity index (χ4n) is 4.66. The van der Waals surface area contributed by atoms with Gasteiger partial charge in [-0.05, 0) is 57.8 Å². The number of hydrogen-bond donors (Lipinski definition) is 0. The fourth-order valence-corrected chi connectivity index (χ4v) is 4.66. The Morgan fingerprint density at radius 2 is 1.43 bits per heavy atom. The van der Waals surface area contributed by atoms with Crippen LogP contribution in [0.15, 0.2) is 0 Å². The van der Waals surface area contributed by atoms with Crippen LogP contribution in [0.2, 0.25) is 0 Å². The van der Waals surface area contributed by atoms with Gasteiger partial charge in [0.25, 0.3) is 0 Å². The molecule has 0 radical (unpaired) electrons. The predicted molar refractivity (Wildman–Crippen MR) is 78.3 cm³/mol. The van der Waals surface area contributed by atoms with Crippen LogP contribution in [0.1, 0.15) is 51.9 Å². The van der Waals surface area contributed by atoms with E-state index in [2.05, 4.69) is 6.92 Å². The van der Waals surface area contributed by atoms with Crippen LogP contribution in [0.5, 0.6) is 0 Å². The first-order chi connectivity index (χ1) is 10.3. The average molecular weight is 296 g/mol. The van der Waals surface area contributed by atoms with Gasteiger partial charge in [-0.2, -0.15) is 0 Å². The first-order valence-corrected chi connectivity index (χ1v) is 8.82. The lowest BCUT2D eigenvalue weighted by atomic mass is 9.89. The van der Waals surface area contributed by atoms with E-state index in [0.29, 0.717) is 42.5 Å². The molecule has 120 valence electrons. The summed E-state index contributed by atoms with van der Waals surface area (Å²) in [7, 11) is 0. The van der Waals surface area contributed by atoms with Crippen LogP contribution >= 0.6 is 0 Å². The van der Waals surface area contributed by atoms with E-state index < -0.39 is 0 Å².